The molecule has 0 unspecified atom stereocenters. The lowest BCUT2D eigenvalue weighted by molar-refractivity contribution is -0.140. The van der Waals surface area contributed by atoms with Gasteiger partial charge in [-0.2, -0.15) is 0 Å². The number of aromatic nitrogens is 1. The lowest BCUT2D eigenvalue weighted by Gasteiger charge is -2.38. The molecule has 2 heterocycles. The SMILES string of the molecule is C[C@@H]1CCC[C@H](C)N1C(=O)COC(=O)c1cc(Cl)nc2ccccc12. The summed E-state index contributed by atoms with van der Waals surface area (Å²) in [6, 6.07) is 9.02. The van der Waals surface area contributed by atoms with Crippen LogP contribution in [0.2, 0.25) is 5.15 Å². The van der Waals surface area contributed by atoms with Crippen molar-refractivity contribution in [2.45, 2.75) is 45.2 Å². The topological polar surface area (TPSA) is 59.5 Å². The second-order valence-corrected chi connectivity index (χ2v) is 6.90. The molecule has 0 aliphatic carbocycles. The Morgan fingerprint density at radius 1 is 1.24 bits per heavy atom. The maximum Gasteiger partial charge on any atom is 0.339 e. The van der Waals surface area contributed by atoms with Crippen LogP contribution in [0, 0.1) is 0 Å². The number of carbonyl (C=O) groups excluding carboxylic acids is 2. The maximum absolute atomic E-state index is 12.5. The molecule has 1 aromatic carbocycles. The third-order valence-corrected chi connectivity index (χ3v) is 4.91. The van der Waals surface area contributed by atoms with Crippen molar-refractivity contribution in [2.75, 3.05) is 6.61 Å². The molecular weight excluding hydrogens is 340 g/mol. The molecule has 5 nitrogen and oxygen atoms in total. The Labute approximate surface area is 151 Å². The number of hydrogen-bond acceptors (Lipinski definition) is 4. The number of carbonyl (C=O) groups is 2. The second-order valence-electron chi connectivity index (χ2n) is 6.52. The van der Waals surface area contributed by atoms with Crippen LogP contribution in [0.5, 0.6) is 0 Å². The first-order valence-corrected chi connectivity index (χ1v) is 8.88. The lowest BCUT2D eigenvalue weighted by Crippen LogP contribution is -2.49. The summed E-state index contributed by atoms with van der Waals surface area (Å²) in [5.74, 6) is -0.719. The first kappa shape index (κ1) is 17.7. The highest BCUT2D eigenvalue weighted by Gasteiger charge is 2.29. The molecule has 1 aliphatic heterocycles. The number of para-hydroxylation sites is 1. The molecule has 3 rings (SSSR count). The van der Waals surface area contributed by atoms with Crippen molar-refractivity contribution < 1.29 is 14.3 Å². The summed E-state index contributed by atoms with van der Waals surface area (Å²) in [5.41, 5.74) is 0.940. The Balaban J connectivity index is 1.74. The van der Waals surface area contributed by atoms with Gasteiger partial charge in [0.2, 0.25) is 0 Å². The summed E-state index contributed by atoms with van der Waals surface area (Å²) in [6.07, 6.45) is 3.08. The Bertz CT molecular complexity index is 798. The number of halogens is 1. The molecule has 0 bridgehead atoms. The third kappa shape index (κ3) is 3.76. The summed E-state index contributed by atoms with van der Waals surface area (Å²) in [5, 5.41) is 0.874. The van der Waals surface area contributed by atoms with Gasteiger partial charge in [-0.3, -0.25) is 4.79 Å². The normalized spacial score (nSPS) is 20.5. The number of pyridine rings is 1. The summed E-state index contributed by atoms with van der Waals surface area (Å²) in [7, 11) is 0. The third-order valence-electron chi connectivity index (χ3n) is 4.71. The van der Waals surface area contributed by atoms with E-state index in [9.17, 15) is 9.59 Å². The van der Waals surface area contributed by atoms with Gasteiger partial charge in [-0.15, -0.1) is 0 Å². The van der Waals surface area contributed by atoms with Crippen LogP contribution in [0.15, 0.2) is 30.3 Å². The first-order valence-electron chi connectivity index (χ1n) is 8.51. The van der Waals surface area contributed by atoms with Gasteiger partial charge in [0, 0.05) is 17.5 Å². The molecule has 1 aliphatic rings. The van der Waals surface area contributed by atoms with Gasteiger partial charge in [-0.1, -0.05) is 29.8 Å². The molecule has 1 aromatic heterocycles. The molecule has 0 saturated carbocycles. The number of hydrogen-bond donors (Lipinski definition) is 0. The quantitative estimate of drug-likeness (QED) is 0.616. The summed E-state index contributed by atoms with van der Waals surface area (Å²) < 4.78 is 5.29. The van der Waals surface area contributed by atoms with Gasteiger partial charge < -0.3 is 9.64 Å². The van der Waals surface area contributed by atoms with Crippen molar-refractivity contribution in [2.24, 2.45) is 0 Å². The molecule has 132 valence electrons. The van der Waals surface area contributed by atoms with E-state index in [0.29, 0.717) is 16.5 Å². The molecule has 1 saturated heterocycles. The Morgan fingerprint density at radius 3 is 2.64 bits per heavy atom. The average Bonchev–Trinajstić information content (AvgIpc) is 2.58. The lowest BCUT2D eigenvalue weighted by atomic mass is 9.97. The zero-order chi connectivity index (χ0) is 18.0. The number of amides is 1. The zero-order valence-corrected chi connectivity index (χ0v) is 15.1. The molecule has 1 fully saturated rings. The van der Waals surface area contributed by atoms with Crippen molar-refractivity contribution in [1.29, 1.82) is 0 Å². The van der Waals surface area contributed by atoms with Crippen LogP contribution in [0.4, 0.5) is 0 Å². The summed E-state index contributed by atoms with van der Waals surface area (Å²) in [4.78, 5) is 31.0. The molecular formula is C19H21ClN2O3. The fourth-order valence-corrected chi connectivity index (χ4v) is 3.70. The average molecular weight is 361 g/mol. The van der Waals surface area contributed by atoms with Crippen LogP contribution in [-0.2, 0) is 9.53 Å². The Hall–Kier alpha value is -2.14. The van der Waals surface area contributed by atoms with Gasteiger partial charge in [0.15, 0.2) is 6.61 Å². The number of nitrogens with zero attached hydrogens (tertiary/aromatic N) is 2. The van der Waals surface area contributed by atoms with E-state index in [2.05, 4.69) is 4.98 Å². The second kappa shape index (κ2) is 7.40. The van der Waals surface area contributed by atoms with Gasteiger partial charge in [0.05, 0.1) is 11.1 Å². The largest absolute Gasteiger partial charge is 0.452 e. The molecule has 1 amide bonds. The van der Waals surface area contributed by atoms with Crippen molar-refractivity contribution in [3.8, 4) is 0 Å². The highest BCUT2D eigenvalue weighted by atomic mass is 35.5. The standard InChI is InChI=1S/C19H21ClN2O3/c1-12-6-5-7-13(2)22(12)18(23)11-25-19(24)15-10-17(20)21-16-9-4-3-8-14(15)16/h3-4,8-10,12-13H,5-7,11H2,1-2H3/t12-,13+. The monoisotopic (exact) mass is 360 g/mol. The molecule has 0 spiro atoms. The number of ether oxygens (including phenoxy) is 1. The highest BCUT2D eigenvalue weighted by Crippen LogP contribution is 2.24. The van der Waals surface area contributed by atoms with Crippen molar-refractivity contribution in [1.82, 2.24) is 9.88 Å². The van der Waals surface area contributed by atoms with Gasteiger partial charge in [0.25, 0.3) is 5.91 Å². The van der Waals surface area contributed by atoms with Gasteiger partial charge in [-0.25, -0.2) is 9.78 Å². The number of piperidine rings is 1. The van der Waals surface area contributed by atoms with Gasteiger partial charge in [-0.05, 0) is 45.2 Å². The highest BCUT2D eigenvalue weighted by molar-refractivity contribution is 6.30. The smallest absolute Gasteiger partial charge is 0.339 e. The van der Waals surface area contributed by atoms with E-state index in [4.69, 9.17) is 16.3 Å². The fourth-order valence-electron chi connectivity index (χ4n) is 3.50. The molecule has 6 heteroatoms. The van der Waals surface area contributed by atoms with Crippen LogP contribution in [0.25, 0.3) is 10.9 Å². The molecule has 0 radical (unpaired) electrons. The van der Waals surface area contributed by atoms with Crippen molar-refractivity contribution in [3.63, 3.8) is 0 Å². The maximum atomic E-state index is 12.5. The minimum atomic E-state index is -0.564. The number of benzene rings is 1. The van der Waals surface area contributed by atoms with E-state index in [-0.39, 0.29) is 29.8 Å². The predicted molar refractivity (Wildman–Crippen MR) is 96.7 cm³/mol. The van der Waals surface area contributed by atoms with E-state index in [0.717, 1.165) is 19.3 Å². The minimum absolute atomic E-state index is 0.155. The van der Waals surface area contributed by atoms with E-state index >= 15 is 0 Å². The van der Waals surface area contributed by atoms with E-state index in [1.54, 1.807) is 12.1 Å². The van der Waals surface area contributed by atoms with Crippen LogP contribution >= 0.6 is 11.6 Å². The molecule has 0 N–H and O–H groups in total. The van der Waals surface area contributed by atoms with E-state index in [1.165, 1.54) is 6.07 Å². The van der Waals surface area contributed by atoms with Crippen molar-refractivity contribution >= 4 is 34.4 Å². The number of likely N-dealkylation sites (tertiary alicyclic amines) is 1. The molecule has 25 heavy (non-hydrogen) atoms. The van der Waals surface area contributed by atoms with Crippen LogP contribution in [0.3, 0.4) is 0 Å². The Kier molecular flexibility index (Phi) is 5.23. The minimum Gasteiger partial charge on any atom is -0.452 e. The molecule has 2 aromatic rings. The van der Waals surface area contributed by atoms with Crippen LogP contribution in [0.1, 0.15) is 43.5 Å². The van der Waals surface area contributed by atoms with E-state index in [1.807, 2.05) is 30.9 Å². The van der Waals surface area contributed by atoms with Crippen molar-refractivity contribution in [3.05, 3.63) is 41.0 Å². The number of rotatable bonds is 3. The molecule has 2 atom stereocenters. The summed E-state index contributed by atoms with van der Waals surface area (Å²) in [6.45, 7) is 3.80. The fraction of sp³-hybridized carbons (Fsp3) is 0.421. The zero-order valence-electron chi connectivity index (χ0n) is 14.4. The van der Waals surface area contributed by atoms with Gasteiger partial charge >= 0.3 is 5.97 Å². The van der Waals surface area contributed by atoms with Gasteiger partial charge in [0.1, 0.15) is 5.15 Å². The first-order chi connectivity index (χ1) is 12.0. The number of esters is 1. The number of fused-ring (bicyclic) bond motifs is 1. The predicted octanol–water partition coefficient (Wildman–Crippen LogP) is 3.83. The van der Waals surface area contributed by atoms with E-state index < -0.39 is 5.97 Å². The summed E-state index contributed by atoms with van der Waals surface area (Å²) >= 11 is 6.00. The van der Waals surface area contributed by atoms with Crippen LogP contribution < -0.4 is 0 Å². The van der Waals surface area contributed by atoms with Crippen LogP contribution in [-0.4, -0.2) is 40.5 Å². The Morgan fingerprint density at radius 2 is 1.92 bits per heavy atom.